The van der Waals surface area contributed by atoms with Crippen LogP contribution >= 0.6 is 22.9 Å². The summed E-state index contributed by atoms with van der Waals surface area (Å²) in [5.74, 6) is -0.0593. The van der Waals surface area contributed by atoms with Crippen LogP contribution in [-0.4, -0.2) is 15.5 Å². The first-order valence-corrected chi connectivity index (χ1v) is 6.14. The molecule has 4 nitrogen and oxygen atoms in total. The summed E-state index contributed by atoms with van der Waals surface area (Å²) in [6.07, 6.45) is 0. The first-order valence-electron chi connectivity index (χ1n) is 4.95. The van der Waals surface area contributed by atoms with Gasteiger partial charge in [0.05, 0.1) is 5.52 Å². The number of rotatable bonds is 0. The van der Waals surface area contributed by atoms with E-state index >= 15 is 0 Å². The van der Waals surface area contributed by atoms with Crippen LogP contribution in [0.25, 0.3) is 21.3 Å². The van der Waals surface area contributed by atoms with Crippen molar-refractivity contribution in [3.8, 4) is 0 Å². The van der Waals surface area contributed by atoms with E-state index in [1.165, 1.54) is 18.3 Å². The molecule has 2 N–H and O–H groups in total. The molecular formula is C11H8ClN3OS. The van der Waals surface area contributed by atoms with E-state index in [1.807, 2.05) is 6.07 Å². The Balaban J connectivity index is 2.59. The van der Waals surface area contributed by atoms with Crippen LogP contribution in [0, 0.1) is 0 Å². The molecule has 17 heavy (non-hydrogen) atoms. The van der Waals surface area contributed by atoms with E-state index in [2.05, 4.69) is 4.98 Å². The van der Waals surface area contributed by atoms with Gasteiger partial charge in [-0.15, -0.1) is 0 Å². The molecule has 0 amide bonds. The number of fused-ring (bicyclic) bond motifs is 3. The molecule has 0 aliphatic rings. The average molecular weight is 266 g/mol. The minimum Gasteiger partial charge on any atom is -0.375 e. The van der Waals surface area contributed by atoms with Crippen molar-refractivity contribution < 1.29 is 4.79 Å². The summed E-state index contributed by atoms with van der Waals surface area (Å²) in [7, 11) is 0. The second kappa shape index (κ2) is 3.45. The van der Waals surface area contributed by atoms with Crippen LogP contribution < -0.4 is 5.73 Å². The lowest BCUT2D eigenvalue weighted by Gasteiger charge is -1.99. The van der Waals surface area contributed by atoms with Gasteiger partial charge in [0.25, 0.3) is 0 Å². The first-order chi connectivity index (χ1) is 8.08. The van der Waals surface area contributed by atoms with E-state index in [4.69, 9.17) is 17.3 Å². The monoisotopic (exact) mass is 265 g/mol. The van der Waals surface area contributed by atoms with Gasteiger partial charge in [0.1, 0.15) is 10.3 Å². The molecule has 0 fully saturated rings. The normalized spacial score (nSPS) is 11.4. The Labute approximate surface area is 106 Å². The molecule has 2 aromatic heterocycles. The number of anilines is 1. The molecule has 0 aliphatic carbocycles. The minimum atomic E-state index is -0.0593. The molecular weight excluding hydrogens is 258 g/mol. The van der Waals surface area contributed by atoms with Crippen molar-refractivity contribution in [1.82, 2.24) is 9.55 Å². The van der Waals surface area contributed by atoms with Gasteiger partial charge in [0.2, 0.25) is 5.91 Å². The standard InChI is InChI=1S/C11H8ClN3OS/c1-5(16)15-8-3-2-6(12)4-7(8)9-10(15)17-11(13)14-9/h2-4H,1H3,(H2,13,14). The Hall–Kier alpha value is -1.59. The predicted octanol–water partition coefficient (Wildman–Crippen LogP) is 3.15. The number of benzene rings is 1. The van der Waals surface area contributed by atoms with Crippen molar-refractivity contribution in [2.75, 3.05) is 5.73 Å². The second-order valence-corrected chi connectivity index (χ2v) is 5.17. The zero-order chi connectivity index (χ0) is 12.2. The predicted molar refractivity (Wildman–Crippen MR) is 70.8 cm³/mol. The fourth-order valence-electron chi connectivity index (χ4n) is 1.97. The van der Waals surface area contributed by atoms with Gasteiger partial charge >= 0.3 is 0 Å². The fraction of sp³-hybridized carbons (Fsp3) is 0.0909. The molecule has 3 rings (SSSR count). The summed E-state index contributed by atoms with van der Waals surface area (Å²) in [5.41, 5.74) is 7.23. The molecule has 86 valence electrons. The first kappa shape index (κ1) is 10.6. The van der Waals surface area contributed by atoms with Crippen LogP contribution in [0.4, 0.5) is 5.13 Å². The molecule has 6 heteroatoms. The molecule has 0 unspecified atom stereocenters. The molecule has 0 saturated heterocycles. The van der Waals surface area contributed by atoms with E-state index in [9.17, 15) is 4.79 Å². The van der Waals surface area contributed by atoms with Gasteiger partial charge in [-0.25, -0.2) is 4.98 Å². The maximum atomic E-state index is 11.7. The SMILES string of the molecule is CC(=O)n1c2ccc(Cl)cc2c2nc(N)sc21. The summed E-state index contributed by atoms with van der Waals surface area (Å²) >= 11 is 7.27. The van der Waals surface area contributed by atoms with Crippen LogP contribution in [0.3, 0.4) is 0 Å². The Kier molecular flexibility index (Phi) is 2.14. The molecule has 0 spiro atoms. The van der Waals surface area contributed by atoms with E-state index in [0.29, 0.717) is 10.2 Å². The summed E-state index contributed by atoms with van der Waals surface area (Å²) in [5, 5.41) is 1.93. The molecule has 0 saturated carbocycles. The van der Waals surface area contributed by atoms with E-state index in [0.717, 1.165) is 21.3 Å². The number of halogens is 1. The maximum Gasteiger partial charge on any atom is 0.229 e. The Morgan fingerprint density at radius 3 is 3.00 bits per heavy atom. The highest BCUT2D eigenvalue weighted by Crippen LogP contribution is 2.34. The maximum absolute atomic E-state index is 11.7. The fourth-order valence-corrected chi connectivity index (χ4v) is 3.05. The highest BCUT2D eigenvalue weighted by molar-refractivity contribution is 7.22. The van der Waals surface area contributed by atoms with Gasteiger partial charge in [-0.1, -0.05) is 22.9 Å². The van der Waals surface area contributed by atoms with Crippen molar-refractivity contribution in [2.24, 2.45) is 0 Å². The highest BCUT2D eigenvalue weighted by atomic mass is 35.5. The Morgan fingerprint density at radius 2 is 2.29 bits per heavy atom. The number of aromatic nitrogens is 2. The van der Waals surface area contributed by atoms with E-state index in [1.54, 1.807) is 16.7 Å². The smallest absolute Gasteiger partial charge is 0.229 e. The zero-order valence-electron chi connectivity index (χ0n) is 8.90. The van der Waals surface area contributed by atoms with Crippen molar-refractivity contribution in [3.05, 3.63) is 23.2 Å². The Bertz CT molecular complexity index is 759. The molecule has 2 heterocycles. The summed E-state index contributed by atoms with van der Waals surface area (Å²) in [6, 6.07) is 5.39. The molecule has 0 atom stereocenters. The third-order valence-corrected chi connectivity index (χ3v) is 3.70. The van der Waals surface area contributed by atoms with Gasteiger partial charge < -0.3 is 5.73 Å². The van der Waals surface area contributed by atoms with Crippen molar-refractivity contribution in [2.45, 2.75) is 6.92 Å². The molecule has 3 aromatic rings. The van der Waals surface area contributed by atoms with Crippen LogP contribution in [-0.2, 0) is 0 Å². The minimum absolute atomic E-state index is 0.0593. The third-order valence-electron chi connectivity index (χ3n) is 2.60. The van der Waals surface area contributed by atoms with E-state index < -0.39 is 0 Å². The topological polar surface area (TPSA) is 60.9 Å². The summed E-state index contributed by atoms with van der Waals surface area (Å²) in [6.45, 7) is 1.52. The lowest BCUT2D eigenvalue weighted by Crippen LogP contribution is -2.03. The number of nitrogens with two attached hydrogens (primary N) is 1. The molecule has 0 radical (unpaired) electrons. The van der Waals surface area contributed by atoms with E-state index in [-0.39, 0.29) is 5.91 Å². The molecule has 0 aliphatic heterocycles. The largest absolute Gasteiger partial charge is 0.375 e. The number of carbonyl (C=O) groups excluding carboxylic acids is 1. The lowest BCUT2D eigenvalue weighted by molar-refractivity contribution is 0.0947. The summed E-state index contributed by atoms with van der Waals surface area (Å²) in [4.78, 5) is 16.7. The van der Waals surface area contributed by atoms with Gasteiger partial charge in [-0.05, 0) is 18.2 Å². The zero-order valence-corrected chi connectivity index (χ0v) is 10.5. The van der Waals surface area contributed by atoms with Crippen LogP contribution in [0.15, 0.2) is 18.2 Å². The lowest BCUT2D eigenvalue weighted by atomic mass is 10.2. The van der Waals surface area contributed by atoms with Gasteiger partial charge in [0, 0.05) is 17.3 Å². The molecule has 0 bridgehead atoms. The Morgan fingerprint density at radius 1 is 1.53 bits per heavy atom. The van der Waals surface area contributed by atoms with Crippen LogP contribution in [0.2, 0.25) is 5.02 Å². The van der Waals surface area contributed by atoms with Gasteiger partial charge in [0.15, 0.2) is 5.13 Å². The number of hydrogen-bond donors (Lipinski definition) is 1. The van der Waals surface area contributed by atoms with Crippen molar-refractivity contribution >= 4 is 55.2 Å². The average Bonchev–Trinajstić information content (AvgIpc) is 2.73. The molecule has 1 aromatic carbocycles. The van der Waals surface area contributed by atoms with Crippen LogP contribution in [0.5, 0.6) is 0 Å². The number of thiazole rings is 1. The number of hydrogen-bond acceptors (Lipinski definition) is 4. The number of carbonyl (C=O) groups is 1. The quantitative estimate of drug-likeness (QED) is 0.679. The van der Waals surface area contributed by atoms with Crippen molar-refractivity contribution in [3.63, 3.8) is 0 Å². The summed E-state index contributed by atoms with van der Waals surface area (Å²) < 4.78 is 1.62. The highest BCUT2D eigenvalue weighted by Gasteiger charge is 2.17. The number of nitrogen functional groups attached to an aromatic ring is 1. The third kappa shape index (κ3) is 1.43. The van der Waals surface area contributed by atoms with Gasteiger partial charge in [-0.2, -0.15) is 0 Å². The van der Waals surface area contributed by atoms with Crippen molar-refractivity contribution in [1.29, 1.82) is 0 Å². The van der Waals surface area contributed by atoms with Crippen LogP contribution in [0.1, 0.15) is 11.7 Å². The van der Waals surface area contributed by atoms with Gasteiger partial charge in [-0.3, -0.25) is 9.36 Å². The second-order valence-electron chi connectivity index (χ2n) is 3.72. The number of nitrogens with zero attached hydrogens (tertiary/aromatic N) is 2.